The smallest absolute Gasteiger partial charge is 0.271 e. The van der Waals surface area contributed by atoms with Crippen molar-refractivity contribution in [3.8, 4) is 0 Å². The number of nitrogens with one attached hydrogen (secondary N) is 2. The second-order valence-corrected chi connectivity index (χ2v) is 5.01. The van der Waals surface area contributed by atoms with Crippen LogP contribution in [0.4, 0.5) is 4.39 Å². The van der Waals surface area contributed by atoms with Gasteiger partial charge in [-0.15, -0.1) is 0 Å². The second-order valence-electron chi connectivity index (χ2n) is 5.01. The summed E-state index contributed by atoms with van der Waals surface area (Å²) in [6.07, 6.45) is 3.53. The molecule has 112 valence electrons. The average Bonchev–Trinajstić information content (AvgIpc) is 2.94. The lowest BCUT2D eigenvalue weighted by Gasteiger charge is -2.03. The summed E-state index contributed by atoms with van der Waals surface area (Å²) in [5.74, 6) is -0.388. The molecule has 0 saturated heterocycles. The van der Waals surface area contributed by atoms with Crippen molar-refractivity contribution in [2.75, 3.05) is 6.54 Å². The molecule has 0 atom stereocenters. The quantitative estimate of drug-likeness (QED) is 0.770. The first-order valence-electron chi connectivity index (χ1n) is 7.26. The van der Waals surface area contributed by atoms with Gasteiger partial charge in [0.05, 0.1) is 0 Å². The van der Waals surface area contributed by atoms with Crippen LogP contribution in [0, 0.1) is 5.82 Å². The van der Waals surface area contributed by atoms with E-state index < -0.39 is 0 Å². The van der Waals surface area contributed by atoms with E-state index >= 15 is 0 Å². The number of benzene rings is 1. The lowest BCUT2D eigenvalue weighted by molar-refractivity contribution is 0.0948. The Morgan fingerprint density at radius 1 is 1.29 bits per heavy atom. The maximum Gasteiger partial charge on any atom is 0.271 e. The van der Waals surface area contributed by atoms with E-state index in [1.165, 1.54) is 12.1 Å². The molecular weight excluding hydrogens is 269 g/mol. The van der Waals surface area contributed by atoms with Gasteiger partial charge in [0.2, 0.25) is 0 Å². The van der Waals surface area contributed by atoms with Crippen molar-refractivity contribution in [1.29, 1.82) is 0 Å². The minimum atomic E-state index is -0.228. The van der Waals surface area contributed by atoms with Crippen LogP contribution in [0.1, 0.15) is 41.5 Å². The highest BCUT2D eigenvalue weighted by Gasteiger charge is 2.09. The average molecular weight is 289 g/mol. The first-order chi connectivity index (χ1) is 10.2. The molecule has 0 aliphatic rings. The number of hydrogen-bond acceptors (Lipinski definition) is 2. The van der Waals surface area contributed by atoms with Gasteiger partial charge in [-0.25, -0.2) is 4.39 Å². The fraction of sp³-hybridized carbons (Fsp3) is 0.375. The number of carbonyl (C=O) groups is 1. The fourth-order valence-corrected chi connectivity index (χ4v) is 2.11. The molecule has 0 saturated carbocycles. The third-order valence-corrected chi connectivity index (χ3v) is 3.22. The van der Waals surface area contributed by atoms with Crippen molar-refractivity contribution in [3.05, 3.63) is 53.1 Å². The van der Waals surface area contributed by atoms with E-state index in [1.54, 1.807) is 18.2 Å². The maximum atomic E-state index is 12.8. The Labute approximate surface area is 123 Å². The van der Waals surface area contributed by atoms with Crippen LogP contribution in [0.3, 0.4) is 0 Å². The van der Waals surface area contributed by atoms with Crippen LogP contribution in [0.15, 0.2) is 30.3 Å². The van der Waals surface area contributed by atoms with Gasteiger partial charge in [-0.05, 0) is 43.0 Å². The topological polar surface area (TPSA) is 57.8 Å². The minimum Gasteiger partial charge on any atom is -0.351 e. The second kappa shape index (κ2) is 7.57. The molecule has 0 spiro atoms. The molecule has 0 radical (unpaired) electrons. The Balaban J connectivity index is 1.72. The van der Waals surface area contributed by atoms with Crippen LogP contribution < -0.4 is 5.32 Å². The Kier molecular flexibility index (Phi) is 5.49. The molecule has 2 N–H and O–H groups in total. The van der Waals surface area contributed by atoms with Crippen LogP contribution in [0.2, 0.25) is 0 Å². The third kappa shape index (κ3) is 4.70. The van der Waals surface area contributed by atoms with E-state index in [0.717, 1.165) is 36.9 Å². The number of aromatic amines is 1. The van der Waals surface area contributed by atoms with Crippen molar-refractivity contribution in [3.63, 3.8) is 0 Å². The molecule has 1 heterocycles. The van der Waals surface area contributed by atoms with E-state index in [0.29, 0.717) is 12.2 Å². The van der Waals surface area contributed by atoms with E-state index in [2.05, 4.69) is 22.4 Å². The van der Waals surface area contributed by atoms with E-state index in [1.807, 2.05) is 0 Å². The van der Waals surface area contributed by atoms with Crippen molar-refractivity contribution >= 4 is 5.91 Å². The number of aromatic nitrogens is 2. The number of carbonyl (C=O) groups excluding carboxylic acids is 1. The van der Waals surface area contributed by atoms with Crippen molar-refractivity contribution in [2.45, 2.75) is 32.6 Å². The number of nitrogens with zero attached hydrogens (tertiary/aromatic N) is 1. The summed E-state index contributed by atoms with van der Waals surface area (Å²) in [4.78, 5) is 11.9. The number of halogens is 1. The zero-order valence-corrected chi connectivity index (χ0v) is 12.2. The van der Waals surface area contributed by atoms with Gasteiger partial charge in [0, 0.05) is 12.2 Å². The maximum absolute atomic E-state index is 12.8. The van der Waals surface area contributed by atoms with Crippen LogP contribution >= 0.6 is 0 Å². The van der Waals surface area contributed by atoms with Gasteiger partial charge in [0.25, 0.3) is 5.91 Å². The van der Waals surface area contributed by atoms with Gasteiger partial charge >= 0.3 is 0 Å². The minimum absolute atomic E-state index is 0.160. The monoisotopic (exact) mass is 289 g/mol. The molecule has 1 aromatic carbocycles. The first-order valence-corrected chi connectivity index (χ1v) is 7.26. The molecule has 2 aromatic rings. The highest BCUT2D eigenvalue weighted by Crippen LogP contribution is 2.05. The number of hydrogen-bond donors (Lipinski definition) is 2. The Morgan fingerprint density at radius 3 is 2.76 bits per heavy atom. The number of rotatable bonds is 7. The first kappa shape index (κ1) is 15.2. The standard InChI is InChI=1S/C16H20FN3O/c1-2-4-14-11-15(20-19-14)16(21)18-10-3-5-12-6-8-13(17)9-7-12/h6-9,11H,2-5,10H2,1H3,(H,18,21)(H,19,20). The molecule has 0 fully saturated rings. The zero-order chi connectivity index (χ0) is 15.1. The normalized spacial score (nSPS) is 10.6. The predicted octanol–water partition coefficient (Wildman–Crippen LogP) is 2.86. The highest BCUT2D eigenvalue weighted by molar-refractivity contribution is 5.92. The lowest BCUT2D eigenvalue weighted by Crippen LogP contribution is -2.25. The van der Waals surface area contributed by atoms with Gasteiger partial charge in [0.15, 0.2) is 0 Å². The zero-order valence-electron chi connectivity index (χ0n) is 12.2. The number of aryl methyl sites for hydroxylation is 2. The van der Waals surface area contributed by atoms with Crippen molar-refractivity contribution in [2.24, 2.45) is 0 Å². The van der Waals surface area contributed by atoms with Gasteiger partial charge in [-0.1, -0.05) is 25.5 Å². The molecule has 1 aromatic heterocycles. The molecule has 21 heavy (non-hydrogen) atoms. The number of H-pyrrole nitrogens is 1. The summed E-state index contributed by atoms with van der Waals surface area (Å²) in [6, 6.07) is 8.22. The van der Waals surface area contributed by atoms with Crippen LogP contribution in [-0.4, -0.2) is 22.6 Å². The van der Waals surface area contributed by atoms with Crippen LogP contribution in [0.5, 0.6) is 0 Å². The molecule has 0 bridgehead atoms. The van der Waals surface area contributed by atoms with Gasteiger partial charge in [-0.2, -0.15) is 5.10 Å². The van der Waals surface area contributed by atoms with Gasteiger partial charge < -0.3 is 5.32 Å². The van der Waals surface area contributed by atoms with Gasteiger partial charge in [0.1, 0.15) is 11.5 Å². The molecule has 2 rings (SSSR count). The Morgan fingerprint density at radius 2 is 2.05 bits per heavy atom. The van der Waals surface area contributed by atoms with Crippen LogP contribution in [-0.2, 0) is 12.8 Å². The van der Waals surface area contributed by atoms with Gasteiger partial charge in [-0.3, -0.25) is 9.89 Å². The number of amides is 1. The summed E-state index contributed by atoms with van der Waals surface area (Å²) < 4.78 is 12.8. The van der Waals surface area contributed by atoms with E-state index in [-0.39, 0.29) is 11.7 Å². The lowest BCUT2D eigenvalue weighted by atomic mass is 10.1. The predicted molar refractivity (Wildman–Crippen MR) is 79.6 cm³/mol. The summed E-state index contributed by atoms with van der Waals surface area (Å²) in [7, 11) is 0. The molecule has 0 aliphatic heterocycles. The SMILES string of the molecule is CCCc1cc(C(=O)NCCCc2ccc(F)cc2)n[nH]1. The molecule has 5 heteroatoms. The molecular formula is C16H20FN3O. The summed E-state index contributed by atoms with van der Waals surface area (Å²) in [5.41, 5.74) is 2.48. The molecule has 1 amide bonds. The fourth-order valence-electron chi connectivity index (χ4n) is 2.11. The van der Waals surface area contributed by atoms with Crippen LogP contribution in [0.25, 0.3) is 0 Å². The summed E-state index contributed by atoms with van der Waals surface area (Å²) in [5, 5.41) is 9.71. The van der Waals surface area contributed by atoms with Crippen molar-refractivity contribution in [1.82, 2.24) is 15.5 Å². The molecule has 4 nitrogen and oxygen atoms in total. The largest absolute Gasteiger partial charge is 0.351 e. The summed E-state index contributed by atoms with van der Waals surface area (Å²) in [6.45, 7) is 2.65. The Hall–Kier alpha value is -2.17. The van der Waals surface area contributed by atoms with E-state index in [9.17, 15) is 9.18 Å². The van der Waals surface area contributed by atoms with Crippen molar-refractivity contribution < 1.29 is 9.18 Å². The summed E-state index contributed by atoms with van der Waals surface area (Å²) >= 11 is 0. The van der Waals surface area contributed by atoms with E-state index in [4.69, 9.17) is 0 Å². The Bertz CT molecular complexity index is 577. The highest BCUT2D eigenvalue weighted by atomic mass is 19.1. The molecule has 0 aliphatic carbocycles. The molecule has 0 unspecified atom stereocenters. The third-order valence-electron chi connectivity index (χ3n) is 3.22.